The first-order chi connectivity index (χ1) is 17.4. The van der Waals surface area contributed by atoms with Crippen LogP contribution < -0.4 is 15.8 Å². The smallest absolute Gasteiger partial charge is 0.227 e. The number of benzene rings is 2. The Kier molecular flexibility index (Phi) is 8.23. The maximum Gasteiger partial charge on any atom is 0.227 e. The van der Waals surface area contributed by atoms with Crippen molar-refractivity contribution < 1.29 is 4.74 Å². The molecule has 0 saturated heterocycles. The second kappa shape index (κ2) is 11.5. The number of ether oxygens (including phenoxy) is 1. The molecule has 0 atom stereocenters. The first-order valence-electron chi connectivity index (χ1n) is 12.1. The molecule has 1 aliphatic rings. The number of aromatic nitrogens is 2. The minimum absolute atomic E-state index is 0.447. The van der Waals surface area contributed by atoms with Gasteiger partial charge >= 0.3 is 0 Å². The number of aryl methyl sites for hydroxylation is 2. The highest BCUT2D eigenvalue weighted by molar-refractivity contribution is 6.33. The summed E-state index contributed by atoms with van der Waals surface area (Å²) in [5.41, 5.74) is 13.8. The van der Waals surface area contributed by atoms with Gasteiger partial charge in [-0.2, -0.15) is 0 Å². The van der Waals surface area contributed by atoms with Gasteiger partial charge in [-0.1, -0.05) is 35.9 Å². The van der Waals surface area contributed by atoms with E-state index < -0.39 is 0 Å². The van der Waals surface area contributed by atoms with E-state index in [0.29, 0.717) is 23.3 Å². The first-order valence-corrected chi connectivity index (χ1v) is 12.5. The molecule has 0 aliphatic heterocycles. The average molecular weight is 505 g/mol. The Morgan fingerprint density at radius 2 is 2.00 bits per heavy atom. The van der Waals surface area contributed by atoms with E-state index in [2.05, 4.69) is 39.2 Å². The summed E-state index contributed by atoms with van der Waals surface area (Å²) in [6.45, 7) is 3.68. The van der Waals surface area contributed by atoms with Gasteiger partial charge < -0.3 is 20.7 Å². The van der Waals surface area contributed by atoms with Gasteiger partial charge in [-0.15, -0.1) is 0 Å². The van der Waals surface area contributed by atoms with E-state index in [4.69, 9.17) is 27.1 Å². The summed E-state index contributed by atoms with van der Waals surface area (Å²) in [6.07, 6.45) is 4.33. The summed E-state index contributed by atoms with van der Waals surface area (Å²) in [4.78, 5) is 16.2. The van der Waals surface area contributed by atoms with E-state index in [1.807, 2.05) is 44.6 Å². The Bertz CT molecular complexity index is 1300. The van der Waals surface area contributed by atoms with Crippen LogP contribution in [0.3, 0.4) is 0 Å². The van der Waals surface area contributed by atoms with Crippen molar-refractivity contribution in [1.82, 2.24) is 14.9 Å². The van der Waals surface area contributed by atoms with Gasteiger partial charge in [0.15, 0.2) is 0 Å². The predicted octanol–water partition coefficient (Wildman–Crippen LogP) is 5.25. The number of nitrogens with two attached hydrogens (primary N) is 1. The van der Waals surface area contributed by atoms with Gasteiger partial charge in [0.05, 0.1) is 28.7 Å². The molecule has 2 aromatic carbocycles. The third-order valence-electron chi connectivity index (χ3n) is 6.15. The van der Waals surface area contributed by atoms with E-state index in [1.165, 1.54) is 0 Å². The number of anilines is 2. The third-order valence-corrected chi connectivity index (χ3v) is 6.46. The fourth-order valence-electron chi connectivity index (χ4n) is 4.26. The van der Waals surface area contributed by atoms with Crippen molar-refractivity contribution in [3.8, 4) is 5.75 Å². The van der Waals surface area contributed by atoms with Crippen LogP contribution in [0.5, 0.6) is 5.75 Å². The molecule has 3 N–H and O–H groups in total. The number of allylic oxidation sites excluding steroid dienone is 2. The van der Waals surface area contributed by atoms with Crippen LogP contribution in [-0.4, -0.2) is 54.9 Å². The lowest BCUT2D eigenvalue weighted by molar-refractivity contribution is 0.281. The topological polar surface area (TPSA) is 88.7 Å². The molecule has 0 spiro atoms. The molecule has 0 amide bonds. The average Bonchev–Trinajstić information content (AvgIpc) is 2.86. The molecule has 0 saturated carbocycles. The van der Waals surface area contributed by atoms with Gasteiger partial charge in [-0.3, -0.25) is 4.99 Å². The molecule has 8 heteroatoms. The Labute approximate surface area is 218 Å². The fourth-order valence-corrected chi connectivity index (χ4v) is 4.48. The molecule has 0 unspecified atom stereocenters. The van der Waals surface area contributed by atoms with Crippen LogP contribution in [0.4, 0.5) is 11.6 Å². The molecule has 7 nitrogen and oxygen atoms in total. The Morgan fingerprint density at radius 3 is 2.72 bits per heavy atom. The summed E-state index contributed by atoms with van der Waals surface area (Å²) in [5.74, 6) is 1.18. The van der Waals surface area contributed by atoms with Crippen molar-refractivity contribution >= 4 is 34.5 Å². The molecular formula is C28H33ClN6O. The molecule has 0 fully saturated rings. The van der Waals surface area contributed by atoms with Crippen LogP contribution >= 0.6 is 11.6 Å². The van der Waals surface area contributed by atoms with Gasteiger partial charge in [0.1, 0.15) is 5.75 Å². The number of nitrogens with zero attached hydrogens (tertiary/aromatic N) is 4. The summed E-state index contributed by atoms with van der Waals surface area (Å²) in [6, 6.07) is 13.8. The van der Waals surface area contributed by atoms with Gasteiger partial charge in [0.2, 0.25) is 5.95 Å². The molecule has 1 heterocycles. The Hall–Kier alpha value is -3.42. The van der Waals surface area contributed by atoms with E-state index in [0.717, 1.165) is 70.9 Å². The Morgan fingerprint density at radius 1 is 1.19 bits per heavy atom. The van der Waals surface area contributed by atoms with Crippen molar-refractivity contribution in [2.24, 2.45) is 10.7 Å². The number of rotatable bonds is 9. The van der Waals surface area contributed by atoms with Crippen molar-refractivity contribution in [3.05, 3.63) is 81.8 Å². The van der Waals surface area contributed by atoms with Crippen molar-refractivity contribution in [3.63, 3.8) is 0 Å². The summed E-state index contributed by atoms with van der Waals surface area (Å²) in [7, 11) is 5.89. The highest BCUT2D eigenvalue weighted by Crippen LogP contribution is 2.33. The predicted molar refractivity (Wildman–Crippen MR) is 149 cm³/mol. The maximum absolute atomic E-state index is 6.55. The molecule has 1 aromatic heterocycles. The van der Waals surface area contributed by atoms with Crippen LogP contribution in [0.25, 0.3) is 5.57 Å². The van der Waals surface area contributed by atoms with Crippen LogP contribution in [0.15, 0.2) is 59.4 Å². The molecule has 188 valence electrons. The Balaban J connectivity index is 1.58. The lowest BCUT2D eigenvalue weighted by atomic mass is 9.87. The molecule has 4 rings (SSSR count). The van der Waals surface area contributed by atoms with Gasteiger partial charge in [0.25, 0.3) is 0 Å². The second-order valence-electron chi connectivity index (χ2n) is 9.13. The summed E-state index contributed by atoms with van der Waals surface area (Å²) in [5, 5.41) is 3.79. The summed E-state index contributed by atoms with van der Waals surface area (Å²) >= 11 is 6.55. The van der Waals surface area contributed by atoms with E-state index in [-0.39, 0.29) is 0 Å². The zero-order valence-corrected chi connectivity index (χ0v) is 22.1. The number of hydrogen-bond donors (Lipinski definition) is 2. The van der Waals surface area contributed by atoms with Crippen LogP contribution in [0.2, 0.25) is 5.02 Å². The first kappa shape index (κ1) is 25.7. The van der Waals surface area contributed by atoms with Gasteiger partial charge in [0, 0.05) is 42.7 Å². The monoisotopic (exact) mass is 504 g/mol. The van der Waals surface area contributed by atoms with E-state index in [9.17, 15) is 0 Å². The van der Waals surface area contributed by atoms with Crippen molar-refractivity contribution in [1.29, 1.82) is 0 Å². The van der Waals surface area contributed by atoms with Crippen molar-refractivity contribution in [2.75, 3.05) is 39.6 Å². The quantitative estimate of drug-likeness (QED) is 0.306. The molecule has 0 bridgehead atoms. The SMILES string of the molecule is CN=C(C1=C(N)CCc2cnc(Nc3ccc(OCCCN(C)C)cc3Cl)nc21)c1ccccc1C. The number of aliphatic imine (C=N–C) groups is 1. The number of fused-ring (bicyclic) bond motifs is 1. The largest absolute Gasteiger partial charge is 0.493 e. The highest BCUT2D eigenvalue weighted by atomic mass is 35.5. The molecular weight excluding hydrogens is 472 g/mol. The van der Waals surface area contributed by atoms with E-state index in [1.54, 1.807) is 13.1 Å². The molecule has 0 radical (unpaired) electrons. The normalized spacial score (nSPS) is 13.7. The fraction of sp³-hybridized carbons (Fsp3) is 0.321. The molecule has 1 aliphatic carbocycles. The lowest BCUT2D eigenvalue weighted by Crippen LogP contribution is -2.20. The van der Waals surface area contributed by atoms with Crippen LogP contribution in [0.1, 0.15) is 35.2 Å². The van der Waals surface area contributed by atoms with Crippen LogP contribution in [0, 0.1) is 6.92 Å². The highest BCUT2D eigenvalue weighted by Gasteiger charge is 2.25. The lowest BCUT2D eigenvalue weighted by Gasteiger charge is -2.23. The third kappa shape index (κ3) is 5.86. The summed E-state index contributed by atoms with van der Waals surface area (Å²) < 4.78 is 5.83. The number of nitrogens with one attached hydrogen (secondary N) is 1. The minimum atomic E-state index is 0.447. The second-order valence-corrected chi connectivity index (χ2v) is 9.53. The zero-order chi connectivity index (χ0) is 25.7. The van der Waals surface area contributed by atoms with Crippen molar-refractivity contribution in [2.45, 2.75) is 26.2 Å². The standard InChI is InChI=1S/C28H33ClN6O/c1-18-8-5-6-9-21(18)27(31-2)25-23(30)12-10-19-17-32-28(34-26(19)25)33-24-13-11-20(16-22(24)29)36-15-7-14-35(3)4/h5-6,8-9,11,13,16-17H,7,10,12,14-15,30H2,1-4H3,(H,32,33,34). The minimum Gasteiger partial charge on any atom is -0.493 e. The maximum atomic E-state index is 6.55. The van der Waals surface area contributed by atoms with E-state index >= 15 is 0 Å². The number of halogens is 1. The number of hydrogen-bond acceptors (Lipinski definition) is 7. The van der Waals surface area contributed by atoms with Gasteiger partial charge in [-0.25, -0.2) is 9.97 Å². The van der Waals surface area contributed by atoms with Crippen LogP contribution in [-0.2, 0) is 6.42 Å². The zero-order valence-electron chi connectivity index (χ0n) is 21.3. The van der Waals surface area contributed by atoms with Gasteiger partial charge in [-0.05, 0) is 63.5 Å². The molecule has 36 heavy (non-hydrogen) atoms. The molecule has 3 aromatic rings.